The van der Waals surface area contributed by atoms with Gasteiger partial charge in [0.2, 0.25) is 10.0 Å². The number of fused-ring (bicyclic) bond motifs is 1. The van der Waals surface area contributed by atoms with Gasteiger partial charge in [0.25, 0.3) is 0 Å². The second-order valence-electron chi connectivity index (χ2n) is 7.46. The lowest BCUT2D eigenvalue weighted by Gasteiger charge is -2.35. The van der Waals surface area contributed by atoms with Crippen LogP contribution in [0.1, 0.15) is 36.4 Å². The number of hydrogen-bond donors (Lipinski definition) is 1. The molecule has 0 unspecified atom stereocenters. The molecule has 0 amide bonds. The summed E-state index contributed by atoms with van der Waals surface area (Å²) in [6.45, 7) is 3.53. The maximum Gasteiger partial charge on any atom is 0.250 e. The van der Waals surface area contributed by atoms with Crippen molar-refractivity contribution in [2.45, 2.75) is 35.9 Å². The normalized spacial score (nSPS) is 19.2. The minimum absolute atomic E-state index is 0.0799. The van der Waals surface area contributed by atoms with Gasteiger partial charge in [-0.25, -0.2) is 13.1 Å². The number of thiophene rings is 1. The van der Waals surface area contributed by atoms with Gasteiger partial charge in [-0.1, -0.05) is 24.6 Å². The molecule has 0 spiro atoms. The second kappa shape index (κ2) is 7.91. The van der Waals surface area contributed by atoms with E-state index in [9.17, 15) is 8.42 Å². The van der Waals surface area contributed by atoms with Gasteiger partial charge in [-0.2, -0.15) is 0 Å². The molecule has 2 aliphatic rings. The second-order valence-corrected chi connectivity index (χ2v) is 10.4. The van der Waals surface area contributed by atoms with E-state index < -0.39 is 10.0 Å². The minimum Gasteiger partial charge on any atom is -0.374 e. The molecule has 0 saturated carbocycles. The summed E-state index contributed by atoms with van der Waals surface area (Å²) in [4.78, 5) is 4.73. The van der Waals surface area contributed by atoms with Crippen LogP contribution in [0.4, 0.5) is 5.69 Å². The molecule has 1 fully saturated rings. The molecular formula is C20H27N3O2S2. The Morgan fingerprint density at radius 3 is 2.70 bits per heavy atom. The van der Waals surface area contributed by atoms with Crippen molar-refractivity contribution in [3.8, 4) is 0 Å². The Bertz CT molecular complexity index is 875. The zero-order valence-electron chi connectivity index (χ0n) is 15.7. The third-order valence-corrected chi connectivity index (χ3v) is 8.50. The molecule has 7 heteroatoms. The monoisotopic (exact) mass is 405 g/mol. The number of nitrogens with zero attached hydrogens (tertiary/aromatic N) is 2. The van der Waals surface area contributed by atoms with Crippen LogP contribution in [0.15, 0.2) is 39.9 Å². The van der Waals surface area contributed by atoms with Crippen LogP contribution >= 0.6 is 11.3 Å². The van der Waals surface area contributed by atoms with Crippen LogP contribution in [-0.4, -0.2) is 46.5 Å². The summed E-state index contributed by atoms with van der Waals surface area (Å²) in [7, 11) is -1.32. The number of piperidine rings is 1. The summed E-state index contributed by atoms with van der Waals surface area (Å²) < 4.78 is 28.5. The summed E-state index contributed by atoms with van der Waals surface area (Å²) in [5.41, 5.74) is 3.90. The number of likely N-dealkylation sites (tertiary alicyclic amines) is 1. The highest BCUT2D eigenvalue weighted by Gasteiger charge is 2.26. The van der Waals surface area contributed by atoms with Crippen LogP contribution in [0, 0.1) is 0 Å². The Kier molecular flexibility index (Phi) is 5.55. The third-order valence-electron chi connectivity index (χ3n) is 5.67. The number of anilines is 1. The molecule has 1 N–H and O–H groups in total. The summed E-state index contributed by atoms with van der Waals surface area (Å²) in [6, 6.07) is 10.2. The molecule has 5 nitrogen and oxygen atoms in total. The molecule has 2 aromatic rings. The molecule has 1 atom stereocenters. The van der Waals surface area contributed by atoms with Gasteiger partial charge in [0.15, 0.2) is 0 Å². The molecule has 0 radical (unpaired) electrons. The average molecular weight is 406 g/mol. The summed E-state index contributed by atoms with van der Waals surface area (Å²) in [5.74, 6) is 0. The highest BCUT2D eigenvalue weighted by atomic mass is 32.2. The Labute approximate surface area is 166 Å². The van der Waals surface area contributed by atoms with E-state index >= 15 is 0 Å². The predicted molar refractivity (Wildman–Crippen MR) is 111 cm³/mol. The molecule has 1 aromatic carbocycles. The first kappa shape index (κ1) is 18.9. The van der Waals surface area contributed by atoms with Crippen LogP contribution in [-0.2, 0) is 16.4 Å². The maximum absolute atomic E-state index is 12.6. The van der Waals surface area contributed by atoms with Crippen LogP contribution in [0.25, 0.3) is 0 Å². The van der Waals surface area contributed by atoms with E-state index in [0.29, 0.717) is 10.8 Å². The molecule has 3 heterocycles. The van der Waals surface area contributed by atoms with Crippen molar-refractivity contribution in [2.75, 3.05) is 38.1 Å². The highest BCUT2D eigenvalue weighted by Crippen LogP contribution is 2.32. The zero-order valence-corrected chi connectivity index (χ0v) is 17.4. The molecule has 0 aliphatic carbocycles. The zero-order chi connectivity index (χ0) is 18.9. The van der Waals surface area contributed by atoms with Crippen molar-refractivity contribution in [3.63, 3.8) is 0 Å². The summed E-state index contributed by atoms with van der Waals surface area (Å²) >= 11 is 1.26. The number of benzene rings is 1. The van der Waals surface area contributed by atoms with Gasteiger partial charge < -0.3 is 4.90 Å². The van der Waals surface area contributed by atoms with Crippen LogP contribution in [0.2, 0.25) is 0 Å². The fourth-order valence-corrected chi connectivity index (χ4v) is 6.23. The van der Waals surface area contributed by atoms with Crippen molar-refractivity contribution in [1.82, 2.24) is 9.62 Å². The average Bonchev–Trinajstić information content (AvgIpc) is 3.34. The van der Waals surface area contributed by atoms with Gasteiger partial charge >= 0.3 is 0 Å². The van der Waals surface area contributed by atoms with Crippen molar-refractivity contribution >= 4 is 27.0 Å². The SMILES string of the molecule is CN1CCc2cc([C@@H](CNS(=O)(=O)c3cccs3)N3CCCCC3)ccc21. The molecule has 2 aliphatic heterocycles. The third kappa shape index (κ3) is 4.06. The maximum atomic E-state index is 12.6. The molecule has 4 rings (SSSR count). The number of hydrogen-bond acceptors (Lipinski definition) is 5. The van der Waals surface area contributed by atoms with E-state index in [1.807, 2.05) is 0 Å². The lowest BCUT2D eigenvalue weighted by molar-refractivity contribution is 0.164. The molecule has 1 aromatic heterocycles. The van der Waals surface area contributed by atoms with E-state index in [-0.39, 0.29) is 6.04 Å². The van der Waals surface area contributed by atoms with Gasteiger partial charge in [-0.3, -0.25) is 4.90 Å². The largest absolute Gasteiger partial charge is 0.374 e. The highest BCUT2D eigenvalue weighted by molar-refractivity contribution is 7.91. The van der Waals surface area contributed by atoms with E-state index in [2.05, 4.69) is 39.8 Å². The van der Waals surface area contributed by atoms with Crippen LogP contribution in [0.5, 0.6) is 0 Å². The number of rotatable bonds is 6. The topological polar surface area (TPSA) is 52.7 Å². The first-order valence-electron chi connectivity index (χ1n) is 9.66. The molecule has 0 bridgehead atoms. The standard InChI is InChI=1S/C20H27N3O2S2/c1-22-12-9-17-14-16(7-8-18(17)22)19(23-10-3-2-4-11-23)15-21-27(24,25)20-6-5-13-26-20/h5-8,13-14,19,21H,2-4,9-12,15H2,1H3/t19-/m1/s1. The fourth-order valence-electron chi connectivity index (χ4n) is 4.16. The summed E-state index contributed by atoms with van der Waals surface area (Å²) in [6.07, 6.45) is 4.69. The Hall–Kier alpha value is -1.41. The van der Waals surface area contributed by atoms with Gasteiger partial charge in [0.05, 0.1) is 0 Å². The molecular weight excluding hydrogens is 378 g/mol. The summed E-state index contributed by atoms with van der Waals surface area (Å²) in [5, 5.41) is 1.80. The number of nitrogens with one attached hydrogen (secondary N) is 1. The van der Waals surface area contributed by atoms with Gasteiger partial charge in [-0.15, -0.1) is 11.3 Å². The first-order chi connectivity index (χ1) is 13.0. The lowest BCUT2D eigenvalue weighted by atomic mass is 9.99. The van der Waals surface area contributed by atoms with Crippen LogP contribution < -0.4 is 9.62 Å². The smallest absolute Gasteiger partial charge is 0.250 e. The van der Waals surface area contributed by atoms with Crippen molar-refractivity contribution < 1.29 is 8.42 Å². The van der Waals surface area contributed by atoms with Crippen molar-refractivity contribution in [2.24, 2.45) is 0 Å². The van der Waals surface area contributed by atoms with E-state index in [0.717, 1.165) is 26.1 Å². The van der Waals surface area contributed by atoms with Crippen molar-refractivity contribution in [3.05, 3.63) is 46.8 Å². The van der Waals surface area contributed by atoms with E-state index in [4.69, 9.17) is 0 Å². The Balaban J connectivity index is 1.58. The van der Waals surface area contributed by atoms with Crippen molar-refractivity contribution in [1.29, 1.82) is 0 Å². The quantitative estimate of drug-likeness (QED) is 0.802. The molecule has 1 saturated heterocycles. The minimum atomic E-state index is -3.45. The van der Waals surface area contributed by atoms with Crippen LogP contribution in [0.3, 0.4) is 0 Å². The fraction of sp³-hybridized carbons (Fsp3) is 0.500. The van der Waals surface area contributed by atoms with E-state index in [1.54, 1.807) is 17.5 Å². The Morgan fingerprint density at radius 2 is 1.96 bits per heavy atom. The van der Waals surface area contributed by atoms with Gasteiger partial charge in [0, 0.05) is 31.9 Å². The molecule has 27 heavy (non-hydrogen) atoms. The van der Waals surface area contributed by atoms with E-state index in [1.165, 1.54) is 47.4 Å². The van der Waals surface area contributed by atoms with Gasteiger partial charge in [0.1, 0.15) is 4.21 Å². The number of sulfonamides is 1. The first-order valence-corrected chi connectivity index (χ1v) is 12.0. The predicted octanol–water partition coefficient (Wildman–Crippen LogP) is 3.25. The van der Waals surface area contributed by atoms with Gasteiger partial charge in [-0.05, 0) is 61.0 Å². The Morgan fingerprint density at radius 1 is 1.15 bits per heavy atom. The lowest BCUT2D eigenvalue weighted by Crippen LogP contribution is -2.40. The molecule has 146 valence electrons. The number of likely N-dealkylation sites (N-methyl/N-ethyl adjacent to an activating group) is 1.